The summed E-state index contributed by atoms with van der Waals surface area (Å²) in [6.45, 7) is 0. The predicted molar refractivity (Wildman–Crippen MR) is 54.1 cm³/mol. The Morgan fingerprint density at radius 3 is 1.44 bits per heavy atom. The van der Waals surface area contributed by atoms with Crippen LogP contribution in [0.3, 0.4) is 0 Å². The number of rotatable bonds is 1. The minimum Gasteiger partial charge on any atom is -0.399 e. The van der Waals surface area contributed by atoms with E-state index < -0.39 is 23.5 Å². The average molecular weight is 296 g/mol. The molecule has 0 amide bonds. The maximum atomic E-state index is 12.4. The average Bonchev–Trinajstić information content (AvgIpc) is 2.14. The lowest BCUT2D eigenvalue weighted by molar-refractivity contribution is -0.376. The number of anilines is 1. The molecule has 0 aliphatic carbocycles. The SMILES string of the molecule is Cl.Nc1ccc(C(O)(C(F)(F)F)C(F)(F)F)cc1. The molecule has 0 heterocycles. The van der Waals surface area contributed by atoms with Crippen molar-refractivity contribution < 1.29 is 31.4 Å². The van der Waals surface area contributed by atoms with Crippen molar-refractivity contribution in [2.45, 2.75) is 18.0 Å². The fourth-order valence-corrected chi connectivity index (χ4v) is 1.21. The number of hydrogen-bond donors (Lipinski definition) is 2. The van der Waals surface area contributed by atoms with Gasteiger partial charge < -0.3 is 10.8 Å². The van der Waals surface area contributed by atoms with Gasteiger partial charge >= 0.3 is 12.4 Å². The van der Waals surface area contributed by atoms with Gasteiger partial charge in [0.05, 0.1) is 0 Å². The molecule has 0 atom stereocenters. The number of hydrogen-bond acceptors (Lipinski definition) is 2. The molecule has 2 nitrogen and oxygen atoms in total. The van der Waals surface area contributed by atoms with Gasteiger partial charge in [-0.3, -0.25) is 0 Å². The Hall–Kier alpha value is -1.15. The van der Waals surface area contributed by atoms with Crippen molar-refractivity contribution in [2.24, 2.45) is 0 Å². The second-order valence-corrected chi connectivity index (χ2v) is 3.33. The van der Waals surface area contributed by atoms with Crippen LogP contribution in [0.5, 0.6) is 0 Å². The van der Waals surface area contributed by atoms with Crippen LogP contribution >= 0.6 is 12.4 Å². The van der Waals surface area contributed by atoms with Gasteiger partial charge in [0.1, 0.15) is 0 Å². The van der Waals surface area contributed by atoms with E-state index in [4.69, 9.17) is 10.8 Å². The Balaban J connectivity index is 0.00000289. The minimum absolute atomic E-state index is 0. The summed E-state index contributed by atoms with van der Waals surface area (Å²) in [5, 5.41) is 8.96. The Labute approximate surface area is 104 Å². The second kappa shape index (κ2) is 4.85. The molecule has 18 heavy (non-hydrogen) atoms. The van der Waals surface area contributed by atoms with Crippen molar-refractivity contribution in [1.29, 1.82) is 0 Å². The van der Waals surface area contributed by atoms with Crippen LogP contribution in [0.4, 0.5) is 32.0 Å². The molecule has 0 saturated heterocycles. The van der Waals surface area contributed by atoms with Gasteiger partial charge in [-0.2, -0.15) is 26.3 Å². The van der Waals surface area contributed by atoms with Crippen molar-refractivity contribution in [2.75, 3.05) is 5.73 Å². The summed E-state index contributed by atoms with van der Waals surface area (Å²) in [7, 11) is 0. The molecule has 1 rings (SSSR count). The smallest absolute Gasteiger partial charge is 0.399 e. The Kier molecular flexibility index (Phi) is 4.54. The van der Waals surface area contributed by atoms with Crippen LogP contribution < -0.4 is 5.73 Å². The van der Waals surface area contributed by atoms with E-state index in [1.54, 1.807) is 0 Å². The number of alkyl halides is 6. The summed E-state index contributed by atoms with van der Waals surface area (Å²) >= 11 is 0. The highest BCUT2D eigenvalue weighted by Gasteiger charge is 2.71. The zero-order valence-electron chi connectivity index (χ0n) is 8.51. The van der Waals surface area contributed by atoms with Gasteiger partial charge in [0, 0.05) is 11.3 Å². The van der Waals surface area contributed by atoms with E-state index in [1.807, 2.05) is 0 Å². The number of benzene rings is 1. The summed E-state index contributed by atoms with van der Waals surface area (Å²) in [6, 6.07) is 2.65. The number of halogens is 7. The number of nitrogens with two attached hydrogens (primary N) is 1. The molecule has 0 aliphatic heterocycles. The molecule has 0 spiro atoms. The topological polar surface area (TPSA) is 46.2 Å². The zero-order chi connectivity index (χ0) is 13.5. The monoisotopic (exact) mass is 295 g/mol. The first-order valence-electron chi connectivity index (χ1n) is 4.22. The molecule has 0 saturated carbocycles. The van der Waals surface area contributed by atoms with E-state index in [1.165, 1.54) is 0 Å². The van der Waals surface area contributed by atoms with Crippen LogP contribution in [0.1, 0.15) is 5.56 Å². The molecule has 0 aliphatic rings. The van der Waals surface area contributed by atoms with Crippen molar-refractivity contribution in [3.05, 3.63) is 29.8 Å². The predicted octanol–water partition coefficient (Wildman–Crippen LogP) is 3.00. The lowest BCUT2D eigenvalue weighted by Gasteiger charge is -2.32. The first-order chi connectivity index (χ1) is 7.50. The Morgan fingerprint density at radius 2 is 1.17 bits per heavy atom. The first kappa shape index (κ1) is 16.9. The number of aliphatic hydroxyl groups is 1. The lowest BCUT2D eigenvalue weighted by atomic mass is 9.92. The van der Waals surface area contributed by atoms with E-state index in [0.717, 1.165) is 12.1 Å². The maximum Gasteiger partial charge on any atom is 0.430 e. The number of nitrogen functional groups attached to an aromatic ring is 1. The van der Waals surface area contributed by atoms with Crippen molar-refractivity contribution >= 4 is 18.1 Å². The van der Waals surface area contributed by atoms with Gasteiger partial charge in [0.15, 0.2) is 0 Å². The van der Waals surface area contributed by atoms with Gasteiger partial charge in [-0.25, -0.2) is 0 Å². The highest BCUT2D eigenvalue weighted by atomic mass is 35.5. The van der Waals surface area contributed by atoms with Crippen LogP contribution in [-0.4, -0.2) is 17.5 Å². The second-order valence-electron chi connectivity index (χ2n) is 3.33. The van der Waals surface area contributed by atoms with E-state index in [2.05, 4.69) is 0 Å². The highest BCUT2D eigenvalue weighted by molar-refractivity contribution is 5.85. The van der Waals surface area contributed by atoms with Gasteiger partial charge in [0.25, 0.3) is 5.60 Å². The largest absolute Gasteiger partial charge is 0.430 e. The van der Waals surface area contributed by atoms with Crippen LogP contribution in [0.25, 0.3) is 0 Å². The molecule has 0 aromatic heterocycles. The van der Waals surface area contributed by atoms with Crippen LogP contribution in [0, 0.1) is 0 Å². The van der Waals surface area contributed by atoms with Crippen molar-refractivity contribution in [1.82, 2.24) is 0 Å². The third-order valence-electron chi connectivity index (χ3n) is 2.15. The molecule has 0 unspecified atom stereocenters. The molecule has 104 valence electrons. The van der Waals surface area contributed by atoms with Crippen molar-refractivity contribution in [3.63, 3.8) is 0 Å². The Bertz CT molecular complexity index is 385. The quantitative estimate of drug-likeness (QED) is 0.618. The summed E-state index contributed by atoms with van der Waals surface area (Å²) in [4.78, 5) is 0. The van der Waals surface area contributed by atoms with Crippen LogP contribution in [0.15, 0.2) is 24.3 Å². The Morgan fingerprint density at radius 1 is 0.833 bits per heavy atom. The molecule has 1 aromatic carbocycles. The maximum absolute atomic E-state index is 12.4. The normalized spacial score (nSPS) is 13.1. The minimum atomic E-state index is -5.87. The molecule has 0 fully saturated rings. The zero-order valence-corrected chi connectivity index (χ0v) is 9.33. The van der Waals surface area contributed by atoms with Crippen LogP contribution in [0.2, 0.25) is 0 Å². The van der Waals surface area contributed by atoms with Crippen LogP contribution in [-0.2, 0) is 5.60 Å². The summed E-state index contributed by atoms with van der Waals surface area (Å²) in [6.07, 6.45) is -11.7. The highest BCUT2D eigenvalue weighted by Crippen LogP contribution is 2.49. The van der Waals surface area contributed by atoms with Gasteiger partial charge in [-0.1, -0.05) is 12.1 Å². The van der Waals surface area contributed by atoms with Gasteiger partial charge in [-0.05, 0) is 12.1 Å². The fourth-order valence-electron chi connectivity index (χ4n) is 1.21. The molecule has 9 heteroatoms. The fraction of sp³-hybridized carbons (Fsp3) is 0.333. The van der Waals surface area contributed by atoms with Crippen molar-refractivity contribution in [3.8, 4) is 0 Å². The molecule has 1 aromatic rings. The molecular formula is C9H8ClF6NO. The van der Waals surface area contributed by atoms with E-state index >= 15 is 0 Å². The summed E-state index contributed by atoms with van der Waals surface area (Å²) in [5.74, 6) is 0. The third-order valence-corrected chi connectivity index (χ3v) is 2.15. The standard InChI is InChI=1S/C9H7F6NO.ClH/c10-8(11,12)7(17,9(13,14)15)5-1-3-6(16)4-2-5;/h1-4,17H,16H2;1H. The van der Waals surface area contributed by atoms with E-state index in [0.29, 0.717) is 12.1 Å². The molecular weight excluding hydrogens is 288 g/mol. The van der Waals surface area contributed by atoms with Gasteiger partial charge in [0.2, 0.25) is 0 Å². The summed E-state index contributed by atoms with van der Waals surface area (Å²) in [5.41, 5.74) is -1.09. The van der Waals surface area contributed by atoms with Gasteiger partial charge in [-0.15, -0.1) is 12.4 Å². The summed E-state index contributed by atoms with van der Waals surface area (Å²) < 4.78 is 74.3. The molecule has 0 radical (unpaired) electrons. The molecule has 0 bridgehead atoms. The first-order valence-corrected chi connectivity index (χ1v) is 4.22. The molecule has 3 N–H and O–H groups in total. The third kappa shape index (κ3) is 2.64. The lowest BCUT2D eigenvalue weighted by Crippen LogP contribution is -2.53. The van der Waals surface area contributed by atoms with E-state index in [-0.39, 0.29) is 18.1 Å². The van der Waals surface area contributed by atoms with E-state index in [9.17, 15) is 26.3 Å².